The van der Waals surface area contributed by atoms with E-state index in [1.54, 1.807) is 12.1 Å². The largest absolute Gasteiger partial charge is 0.397 e. The van der Waals surface area contributed by atoms with E-state index in [0.717, 1.165) is 23.4 Å². The van der Waals surface area contributed by atoms with Crippen molar-refractivity contribution in [3.8, 4) is 0 Å². The quantitative estimate of drug-likeness (QED) is 0.731. The Hall–Kier alpha value is -2.53. The Morgan fingerprint density at radius 1 is 1.17 bits per heavy atom. The lowest BCUT2D eigenvalue weighted by molar-refractivity contribution is 0.0971. The van der Waals surface area contributed by atoms with Gasteiger partial charge < -0.3 is 5.73 Å². The topological polar surface area (TPSA) is 73.1 Å². The molecule has 0 saturated heterocycles. The van der Waals surface area contributed by atoms with Gasteiger partial charge in [-0.2, -0.15) is 0 Å². The molecule has 0 aliphatic heterocycles. The maximum atomic E-state index is 12.7. The van der Waals surface area contributed by atoms with Crippen molar-refractivity contribution in [3.63, 3.8) is 0 Å². The Morgan fingerprint density at radius 3 is 2.74 bits per heavy atom. The van der Waals surface area contributed by atoms with E-state index in [1.165, 1.54) is 11.3 Å². The van der Waals surface area contributed by atoms with Crippen molar-refractivity contribution in [2.24, 2.45) is 0 Å². The van der Waals surface area contributed by atoms with Gasteiger partial charge in [0.1, 0.15) is 9.71 Å². The van der Waals surface area contributed by atoms with Crippen molar-refractivity contribution in [3.05, 3.63) is 58.1 Å². The predicted molar refractivity (Wildman–Crippen MR) is 91.2 cm³/mol. The third kappa shape index (κ3) is 2.24. The number of pyridine rings is 1. The second kappa shape index (κ2) is 5.28. The summed E-state index contributed by atoms with van der Waals surface area (Å²) in [6.07, 6.45) is 2.19. The SMILES string of the molecule is Nc1c(C(=O)c2ccccc2)sc2nc3c(cc12)C(=O)CCC3. The fourth-order valence-electron chi connectivity index (χ4n) is 2.95. The van der Waals surface area contributed by atoms with Gasteiger partial charge in [0.05, 0.1) is 11.4 Å². The highest BCUT2D eigenvalue weighted by atomic mass is 32.1. The number of benzene rings is 1. The van der Waals surface area contributed by atoms with Crippen LogP contribution in [0.3, 0.4) is 0 Å². The average molecular weight is 322 g/mol. The Bertz CT molecular complexity index is 945. The summed E-state index contributed by atoms with van der Waals surface area (Å²) in [5, 5.41) is 0.711. The fourth-order valence-corrected chi connectivity index (χ4v) is 4.01. The summed E-state index contributed by atoms with van der Waals surface area (Å²) in [4.78, 5) is 30.5. The zero-order valence-electron chi connectivity index (χ0n) is 12.3. The number of rotatable bonds is 2. The van der Waals surface area contributed by atoms with E-state index >= 15 is 0 Å². The molecular weight excluding hydrogens is 308 g/mol. The first-order valence-electron chi connectivity index (χ1n) is 7.50. The van der Waals surface area contributed by atoms with Crippen LogP contribution in [-0.2, 0) is 6.42 Å². The van der Waals surface area contributed by atoms with Crippen LogP contribution in [0.1, 0.15) is 44.1 Å². The van der Waals surface area contributed by atoms with Crippen LogP contribution >= 0.6 is 11.3 Å². The number of thiophene rings is 1. The summed E-state index contributed by atoms with van der Waals surface area (Å²) in [5.74, 6) is 0.0117. The number of fused-ring (bicyclic) bond motifs is 2. The maximum absolute atomic E-state index is 12.7. The molecule has 4 nitrogen and oxygen atoms in total. The first-order valence-corrected chi connectivity index (χ1v) is 8.31. The molecule has 0 spiro atoms. The average Bonchev–Trinajstić information content (AvgIpc) is 2.90. The molecule has 2 aromatic heterocycles. The molecule has 5 heteroatoms. The van der Waals surface area contributed by atoms with E-state index in [1.807, 2.05) is 24.3 Å². The van der Waals surface area contributed by atoms with Gasteiger partial charge >= 0.3 is 0 Å². The van der Waals surface area contributed by atoms with E-state index in [9.17, 15) is 9.59 Å². The van der Waals surface area contributed by atoms with Crippen LogP contribution in [0.25, 0.3) is 10.2 Å². The van der Waals surface area contributed by atoms with Crippen molar-refractivity contribution < 1.29 is 9.59 Å². The summed E-state index contributed by atoms with van der Waals surface area (Å²) in [6.45, 7) is 0. The van der Waals surface area contributed by atoms with Gasteiger partial charge in [-0.25, -0.2) is 4.98 Å². The van der Waals surface area contributed by atoms with E-state index in [4.69, 9.17) is 5.73 Å². The van der Waals surface area contributed by atoms with Crippen LogP contribution in [0.4, 0.5) is 5.69 Å². The molecule has 2 N–H and O–H groups in total. The monoisotopic (exact) mass is 322 g/mol. The number of hydrogen-bond acceptors (Lipinski definition) is 5. The number of aromatic nitrogens is 1. The van der Waals surface area contributed by atoms with E-state index < -0.39 is 0 Å². The summed E-state index contributed by atoms with van der Waals surface area (Å²) < 4.78 is 0. The van der Waals surface area contributed by atoms with E-state index in [0.29, 0.717) is 33.5 Å². The lowest BCUT2D eigenvalue weighted by Crippen LogP contribution is -2.12. The minimum atomic E-state index is -0.101. The molecule has 1 aliphatic carbocycles. The molecule has 0 fully saturated rings. The summed E-state index contributed by atoms with van der Waals surface area (Å²) in [5.41, 5.74) is 8.71. The molecule has 0 radical (unpaired) electrons. The first kappa shape index (κ1) is 14.1. The molecule has 23 heavy (non-hydrogen) atoms. The number of aryl methyl sites for hydroxylation is 1. The Labute approximate surface area is 137 Å². The molecule has 0 amide bonds. The highest BCUT2D eigenvalue weighted by Crippen LogP contribution is 2.36. The molecule has 2 heterocycles. The number of carbonyl (C=O) groups excluding carboxylic acids is 2. The van der Waals surface area contributed by atoms with Gasteiger partial charge in [0.25, 0.3) is 0 Å². The molecule has 3 aromatic rings. The second-order valence-electron chi connectivity index (χ2n) is 5.65. The lowest BCUT2D eigenvalue weighted by atomic mass is 9.94. The number of nitrogens with zero attached hydrogens (tertiary/aromatic N) is 1. The Balaban J connectivity index is 1.88. The molecule has 0 bridgehead atoms. The highest BCUT2D eigenvalue weighted by molar-refractivity contribution is 7.21. The highest BCUT2D eigenvalue weighted by Gasteiger charge is 2.23. The van der Waals surface area contributed by atoms with Gasteiger partial charge in [0.15, 0.2) is 5.78 Å². The van der Waals surface area contributed by atoms with Crippen LogP contribution in [0.5, 0.6) is 0 Å². The standard InChI is InChI=1S/C18H14N2O2S/c19-15-12-9-11-13(7-4-8-14(11)21)20-18(12)23-17(15)16(22)10-5-2-1-3-6-10/h1-3,5-6,9H,4,7-8,19H2. The first-order chi connectivity index (χ1) is 11.1. The number of carbonyl (C=O) groups is 2. The number of hydrogen-bond donors (Lipinski definition) is 1. The van der Waals surface area contributed by atoms with Crippen LogP contribution in [0.2, 0.25) is 0 Å². The number of Topliss-reactive ketones (excluding diaryl/α,β-unsaturated/α-hetero) is 1. The molecule has 1 aliphatic rings. The van der Waals surface area contributed by atoms with Crippen LogP contribution < -0.4 is 5.73 Å². The number of ketones is 2. The summed E-state index contributed by atoms with van der Waals surface area (Å²) >= 11 is 1.30. The summed E-state index contributed by atoms with van der Waals surface area (Å²) in [6, 6.07) is 10.9. The van der Waals surface area contributed by atoms with Crippen molar-refractivity contribution in [1.29, 1.82) is 0 Å². The third-order valence-corrected chi connectivity index (χ3v) is 5.27. The number of nitrogens with two attached hydrogens (primary N) is 1. The molecule has 0 atom stereocenters. The zero-order valence-corrected chi connectivity index (χ0v) is 13.2. The van der Waals surface area contributed by atoms with Gasteiger partial charge in [0.2, 0.25) is 5.78 Å². The fraction of sp³-hybridized carbons (Fsp3) is 0.167. The van der Waals surface area contributed by atoms with Gasteiger partial charge in [-0.05, 0) is 18.9 Å². The van der Waals surface area contributed by atoms with Gasteiger partial charge in [-0.15, -0.1) is 11.3 Å². The van der Waals surface area contributed by atoms with Gasteiger partial charge in [0, 0.05) is 22.9 Å². The summed E-state index contributed by atoms with van der Waals surface area (Å²) in [7, 11) is 0. The molecule has 4 rings (SSSR count). The maximum Gasteiger partial charge on any atom is 0.205 e. The van der Waals surface area contributed by atoms with Crippen molar-refractivity contribution >= 4 is 38.8 Å². The van der Waals surface area contributed by atoms with Crippen LogP contribution in [0.15, 0.2) is 36.4 Å². The molecule has 0 unspecified atom stereocenters. The van der Waals surface area contributed by atoms with E-state index in [2.05, 4.69) is 4.98 Å². The van der Waals surface area contributed by atoms with Gasteiger partial charge in [-0.3, -0.25) is 9.59 Å². The molecule has 114 valence electrons. The van der Waals surface area contributed by atoms with Crippen LogP contribution in [-0.4, -0.2) is 16.6 Å². The number of nitrogen functional groups attached to an aromatic ring is 1. The van der Waals surface area contributed by atoms with E-state index in [-0.39, 0.29) is 11.6 Å². The third-order valence-electron chi connectivity index (χ3n) is 4.16. The van der Waals surface area contributed by atoms with Crippen molar-refractivity contribution in [2.75, 3.05) is 5.73 Å². The lowest BCUT2D eigenvalue weighted by Gasteiger charge is -2.13. The normalized spacial score (nSPS) is 14.0. The van der Waals surface area contributed by atoms with Crippen molar-refractivity contribution in [2.45, 2.75) is 19.3 Å². The number of anilines is 1. The predicted octanol–water partition coefficient (Wildman–Crippen LogP) is 3.63. The Morgan fingerprint density at radius 2 is 1.96 bits per heavy atom. The molecule has 1 aromatic carbocycles. The second-order valence-corrected chi connectivity index (χ2v) is 6.65. The molecule has 0 saturated carbocycles. The minimum absolute atomic E-state index is 0.101. The smallest absolute Gasteiger partial charge is 0.205 e. The Kier molecular flexibility index (Phi) is 3.23. The zero-order chi connectivity index (χ0) is 16.0. The molecular formula is C18H14N2O2S. The van der Waals surface area contributed by atoms with Gasteiger partial charge in [-0.1, -0.05) is 30.3 Å². The van der Waals surface area contributed by atoms with Crippen molar-refractivity contribution in [1.82, 2.24) is 4.98 Å². The van der Waals surface area contributed by atoms with Crippen LogP contribution in [0, 0.1) is 0 Å². The minimum Gasteiger partial charge on any atom is -0.397 e.